The number of ether oxygens (including phenoxy) is 1. The number of benzene rings is 1. The van der Waals surface area contributed by atoms with Gasteiger partial charge in [0.25, 0.3) is 0 Å². The van der Waals surface area contributed by atoms with Crippen molar-refractivity contribution < 1.29 is 4.74 Å². The Hall–Kier alpha value is -2.24. The molecule has 1 unspecified atom stereocenters. The summed E-state index contributed by atoms with van der Waals surface area (Å²) in [5.41, 5.74) is 7.35. The molecule has 18 heavy (non-hydrogen) atoms. The first-order valence-corrected chi connectivity index (χ1v) is 5.65. The van der Waals surface area contributed by atoms with Gasteiger partial charge in [-0.05, 0) is 13.0 Å². The van der Waals surface area contributed by atoms with E-state index in [4.69, 9.17) is 10.5 Å². The number of aromatic nitrogens is 3. The molecule has 2 rings (SSSR count). The molecule has 0 aliphatic rings. The lowest BCUT2D eigenvalue weighted by Gasteiger charge is -2.15. The van der Waals surface area contributed by atoms with Crippen molar-refractivity contribution in [2.75, 3.05) is 18.2 Å². The van der Waals surface area contributed by atoms with Crippen molar-refractivity contribution in [3.05, 3.63) is 30.4 Å². The van der Waals surface area contributed by atoms with Crippen molar-refractivity contribution >= 4 is 11.4 Å². The van der Waals surface area contributed by atoms with Crippen LogP contribution in [0.1, 0.15) is 18.8 Å². The van der Waals surface area contributed by atoms with Crippen LogP contribution in [-0.4, -0.2) is 21.9 Å². The minimum atomic E-state index is 0.0315. The lowest BCUT2D eigenvalue weighted by atomic mass is 10.2. The fraction of sp³-hybridized carbons (Fsp3) is 0.333. The number of anilines is 2. The topological polar surface area (TPSA) is 78.0 Å². The maximum Gasteiger partial charge on any atom is 0.154 e. The molecule has 0 aliphatic carbocycles. The van der Waals surface area contributed by atoms with E-state index in [1.54, 1.807) is 19.5 Å². The van der Waals surface area contributed by atoms with E-state index in [2.05, 4.69) is 15.5 Å². The van der Waals surface area contributed by atoms with Crippen LogP contribution in [-0.2, 0) is 7.05 Å². The first kappa shape index (κ1) is 12.2. The zero-order valence-corrected chi connectivity index (χ0v) is 10.7. The molecule has 0 fully saturated rings. The van der Waals surface area contributed by atoms with E-state index in [0.29, 0.717) is 5.69 Å². The Bertz CT molecular complexity index is 537. The molecule has 0 spiro atoms. The molecular formula is C12H17N5O. The van der Waals surface area contributed by atoms with Crippen LogP contribution in [0.25, 0.3) is 0 Å². The molecule has 0 amide bonds. The van der Waals surface area contributed by atoms with Crippen LogP contribution in [0.2, 0.25) is 0 Å². The van der Waals surface area contributed by atoms with Crippen molar-refractivity contribution in [1.82, 2.24) is 14.8 Å². The number of methoxy groups -OCH3 is 1. The predicted molar refractivity (Wildman–Crippen MR) is 70.4 cm³/mol. The van der Waals surface area contributed by atoms with Crippen LogP contribution in [0.4, 0.5) is 11.4 Å². The van der Waals surface area contributed by atoms with E-state index in [9.17, 15) is 0 Å². The standard InChI is InChI=1S/C12H17N5O/c1-8(12-16-14-7-17(12)2)15-10-4-9(13)5-11(6-10)18-3/h4-8,15H,13H2,1-3H3. The maximum absolute atomic E-state index is 5.81. The van der Waals surface area contributed by atoms with Gasteiger partial charge in [0.15, 0.2) is 5.82 Å². The molecule has 6 heteroatoms. The van der Waals surface area contributed by atoms with Gasteiger partial charge >= 0.3 is 0 Å². The molecule has 0 saturated carbocycles. The fourth-order valence-electron chi connectivity index (χ4n) is 1.82. The number of hydrogen-bond donors (Lipinski definition) is 2. The third kappa shape index (κ3) is 2.53. The molecule has 1 aromatic heterocycles. The summed E-state index contributed by atoms with van der Waals surface area (Å²) in [6, 6.07) is 5.56. The van der Waals surface area contributed by atoms with Crippen LogP contribution >= 0.6 is 0 Å². The van der Waals surface area contributed by atoms with Gasteiger partial charge in [-0.2, -0.15) is 0 Å². The van der Waals surface area contributed by atoms with Crippen molar-refractivity contribution in [2.45, 2.75) is 13.0 Å². The number of nitrogens with zero attached hydrogens (tertiary/aromatic N) is 3. The number of hydrogen-bond acceptors (Lipinski definition) is 5. The maximum atomic E-state index is 5.81. The van der Waals surface area contributed by atoms with Crippen molar-refractivity contribution in [3.8, 4) is 5.75 Å². The second kappa shape index (κ2) is 4.95. The molecule has 0 bridgehead atoms. The normalized spacial score (nSPS) is 12.2. The van der Waals surface area contributed by atoms with Crippen molar-refractivity contribution in [1.29, 1.82) is 0 Å². The van der Waals surface area contributed by atoms with E-state index in [1.807, 2.05) is 30.7 Å². The smallest absolute Gasteiger partial charge is 0.154 e. The molecule has 1 atom stereocenters. The van der Waals surface area contributed by atoms with Crippen LogP contribution in [0.5, 0.6) is 5.75 Å². The number of aryl methyl sites for hydroxylation is 1. The van der Waals surface area contributed by atoms with E-state index in [0.717, 1.165) is 17.3 Å². The Morgan fingerprint density at radius 2 is 2.17 bits per heavy atom. The van der Waals surface area contributed by atoms with Crippen molar-refractivity contribution in [2.24, 2.45) is 7.05 Å². The number of rotatable bonds is 4. The highest BCUT2D eigenvalue weighted by Gasteiger charge is 2.11. The van der Waals surface area contributed by atoms with Gasteiger partial charge in [-0.3, -0.25) is 0 Å². The summed E-state index contributed by atoms with van der Waals surface area (Å²) in [6.45, 7) is 2.01. The van der Waals surface area contributed by atoms with Gasteiger partial charge < -0.3 is 20.4 Å². The molecule has 96 valence electrons. The first-order chi connectivity index (χ1) is 8.60. The number of nitrogen functional groups attached to an aromatic ring is 1. The average molecular weight is 247 g/mol. The number of nitrogens with one attached hydrogen (secondary N) is 1. The quantitative estimate of drug-likeness (QED) is 0.802. The zero-order valence-electron chi connectivity index (χ0n) is 10.7. The summed E-state index contributed by atoms with van der Waals surface area (Å²) in [5, 5.41) is 11.2. The lowest BCUT2D eigenvalue weighted by Crippen LogP contribution is -2.12. The molecule has 2 aromatic rings. The van der Waals surface area contributed by atoms with Gasteiger partial charge in [-0.25, -0.2) is 0 Å². The van der Waals surface area contributed by atoms with Gasteiger partial charge in [0.05, 0.1) is 13.2 Å². The Labute approximate surface area is 106 Å². The van der Waals surface area contributed by atoms with Crippen LogP contribution in [0, 0.1) is 0 Å². The highest BCUT2D eigenvalue weighted by Crippen LogP contribution is 2.25. The largest absolute Gasteiger partial charge is 0.497 e. The lowest BCUT2D eigenvalue weighted by molar-refractivity contribution is 0.415. The molecule has 0 saturated heterocycles. The Kier molecular flexibility index (Phi) is 3.36. The summed E-state index contributed by atoms with van der Waals surface area (Å²) in [6.07, 6.45) is 1.67. The van der Waals surface area contributed by atoms with E-state index >= 15 is 0 Å². The van der Waals surface area contributed by atoms with Crippen molar-refractivity contribution in [3.63, 3.8) is 0 Å². The third-order valence-corrected chi connectivity index (χ3v) is 2.68. The molecular weight excluding hydrogens is 230 g/mol. The van der Waals surface area contributed by atoms with E-state index < -0.39 is 0 Å². The summed E-state index contributed by atoms with van der Waals surface area (Å²) in [5.74, 6) is 1.58. The molecule has 0 radical (unpaired) electrons. The summed E-state index contributed by atoms with van der Waals surface area (Å²) in [7, 11) is 3.53. The highest BCUT2D eigenvalue weighted by atomic mass is 16.5. The monoisotopic (exact) mass is 247 g/mol. The van der Waals surface area contributed by atoms with E-state index in [-0.39, 0.29) is 6.04 Å². The van der Waals surface area contributed by atoms with Gasteiger partial charge in [0.1, 0.15) is 12.1 Å². The summed E-state index contributed by atoms with van der Waals surface area (Å²) < 4.78 is 7.05. The third-order valence-electron chi connectivity index (χ3n) is 2.68. The Morgan fingerprint density at radius 3 is 2.78 bits per heavy atom. The zero-order chi connectivity index (χ0) is 13.1. The SMILES string of the molecule is COc1cc(N)cc(NC(C)c2nncn2C)c1. The minimum Gasteiger partial charge on any atom is -0.497 e. The molecule has 1 heterocycles. The summed E-state index contributed by atoms with van der Waals surface area (Å²) in [4.78, 5) is 0. The fourth-order valence-corrected chi connectivity index (χ4v) is 1.82. The number of nitrogens with two attached hydrogens (primary N) is 1. The predicted octanol–water partition coefficient (Wildman–Crippen LogP) is 1.58. The first-order valence-electron chi connectivity index (χ1n) is 5.65. The van der Waals surface area contributed by atoms with Crippen LogP contribution < -0.4 is 15.8 Å². The van der Waals surface area contributed by atoms with Gasteiger partial charge in [0, 0.05) is 30.6 Å². The molecule has 1 aromatic carbocycles. The molecule has 3 N–H and O–H groups in total. The minimum absolute atomic E-state index is 0.0315. The van der Waals surface area contributed by atoms with E-state index in [1.165, 1.54) is 0 Å². The molecule has 0 aliphatic heterocycles. The van der Waals surface area contributed by atoms with Gasteiger partial charge in [-0.1, -0.05) is 0 Å². The second-order valence-corrected chi connectivity index (χ2v) is 4.16. The average Bonchev–Trinajstić information content (AvgIpc) is 2.74. The van der Waals surface area contributed by atoms with Gasteiger partial charge in [0.2, 0.25) is 0 Å². The summed E-state index contributed by atoms with van der Waals surface area (Å²) >= 11 is 0. The van der Waals surface area contributed by atoms with Gasteiger partial charge in [-0.15, -0.1) is 10.2 Å². The molecule has 6 nitrogen and oxygen atoms in total. The Morgan fingerprint density at radius 1 is 1.39 bits per heavy atom. The Balaban J connectivity index is 2.19. The van der Waals surface area contributed by atoms with Crippen LogP contribution in [0.3, 0.4) is 0 Å². The highest BCUT2D eigenvalue weighted by molar-refractivity contribution is 5.59. The van der Waals surface area contributed by atoms with Crippen LogP contribution in [0.15, 0.2) is 24.5 Å². The second-order valence-electron chi connectivity index (χ2n) is 4.16.